The second kappa shape index (κ2) is 8.47. The largest absolute Gasteiger partial charge is 0.508 e. The average Bonchev–Trinajstić information content (AvgIpc) is 2.49. The van der Waals surface area contributed by atoms with Crippen molar-refractivity contribution in [3.8, 4) is 17.2 Å². The van der Waals surface area contributed by atoms with Crippen LogP contribution in [0.2, 0.25) is 0 Å². The fourth-order valence-electron chi connectivity index (χ4n) is 1.34. The number of aromatic hydroxyl groups is 3. The lowest BCUT2D eigenvalue weighted by Crippen LogP contribution is -2.05. The molecule has 3 N–H and O–H groups in total. The van der Waals surface area contributed by atoms with Gasteiger partial charge in [-0.2, -0.15) is 0 Å². The highest BCUT2D eigenvalue weighted by Crippen LogP contribution is 2.21. The van der Waals surface area contributed by atoms with Crippen molar-refractivity contribution in [2.75, 3.05) is 6.61 Å². The Morgan fingerprint density at radius 2 is 1.48 bits per heavy atom. The van der Waals surface area contributed by atoms with Gasteiger partial charge < -0.3 is 20.1 Å². The highest BCUT2D eigenvalue weighted by atomic mass is 16.5. The SMILES string of the molecule is CCCOC(=O)c1ccc(O)cc1.Oc1ccccc1O. The minimum atomic E-state index is -0.346. The van der Waals surface area contributed by atoms with Crippen LogP contribution in [0.4, 0.5) is 0 Å². The van der Waals surface area contributed by atoms with Gasteiger partial charge in [0.2, 0.25) is 0 Å². The van der Waals surface area contributed by atoms with Crippen LogP contribution in [0.5, 0.6) is 17.2 Å². The number of phenolic OH excluding ortho intramolecular Hbond substituents is 3. The molecule has 21 heavy (non-hydrogen) atoms. The molecule has 5 heteroatoms. The van der Waals surface area contributed by atoms with Gasteiger partial charge in [0.15, 0.2) is 11.5 Å². The van der Waals surface area contributed by atoms with Gasteiger partial charge in [0, 0.05) is 0 Å². The van der Waals surface area contributed by atoms with Crippen molar-refractivity contribution in [2.45, 2.75) is 13.3 Å². The third-order valence-corrected chi connectivity index (χ3v) is 2.42. The van der Waals surface area contributed by atoms with Crippen LogP contribution in [0, 0.1) is 0 Å². The molecule has 0 spiro atoms. The lowest BCUT2D eigenvalue weighted by atomic mass is 10.2. The minimum Gasteiger partial charge on any atom is -0.508 e. The molecule has 0 aliphatic rings. The summed E-state index contributed by atoms with van der Waals surface area (Å²) in [7, 11) is 0. The van der Waals surface area contributed by atoms with Crippen molar-refractivity contribution in [1.82, 2.24) is 0 Å². The van der Waals surface area contributed by atoms with E-state index in [1.54, 1.807) is 12.1 Å². The molecule has 2 rings (SSSR count). The van der Waals surface area contributed by atoms with E-state index in [0.717, 1.165) is 6.42 Å². The summed E-state index contributed by atoms with van der Waals surface area (Å²) < 4.78 is 4.90. The Balaban J connectivity index is 0.000000235. The first kappa shape index (κ1) is 16.4. The summed E-state index contributed by atoms with van der Waals surface area (Å²) in [6.45, 7) is 2.36. The molecule has 0 heterocycles. The summed E-state index contributed by atoms with van der Waals surface area (Å²) in [5.74, 6) is -0.353. The number of phenols is 3. The van der Waals surface area contributed by atoms with E-state index in [2.05, 4.69) is 0 Å². The summed E-state index contributed by atoms with van der Waals surface area (Å²) in [6, 6.07) is 12.1. The Bertz CT molecular complexity index is 542. The molecule has 0 saturated carbocycles. The maximum Gasteiger partial charge on any atom is 0.338 e. The maximum atomic E-state index is 11.2. The monoisotopic (exact) mass is 290 g/mol. The van der Waals surface area contributed by atoms with Crippen molar-refractivity contribution >= 4 is 5.97 Å². The van der Waals surface area contributed by atoms with Gasteiger partial charge in [-0.05, 0) is 42.8 Å². The number of ether oxygens (including phenoxy) is 1. The van der Waals surface area contributed by atoms with Gasteiger partial charge in [-0.25, -0.2) is 4.79 Å². The molecule has 2 aromatic rings. The van der Waals surface area contributed by atoms with E-state index < -0.39 is 0 Å². The summed E-state index contributed by atoms with van der Waals surface area (Å²) in [6.07, 6.45) is 0.809. The van der Waals surface area contributed by atoms with Crippen molar-refractivity contribution < 1.29 is 24.9 Å². The summed E-state index contributed by atoms with van der Waals surface area (Å²) in [4.78, 5) is 11.2. The highest BCUT2D eigenvalue weighted by Gasteiger charge is 2.05. The number of hydrogen-bond acceptors (Lipinski definition) is 5. The lowest BCUT2D eigenvalue weighted by Gasteiger charge is -2.02. The Morgan fingerprint density at radius 3 is 1.90 bits per heavy atom. The lowest BCUT2D eigenvalue weighted by molar-refractivity contribution is 0.0505. The molecule has 0 radical (unpaired) electrons. The molecule has 0 unspecified atom stereocenters. The summed E-state index contributed by atoms with van der Waals surface area (Å²) in [5.41, 5.74) is 0.464. The molecule has 0 aliphatic carbocycles. The molecule has 0 amide bonds. The van der Waals surface area contributed by atoms with Crippen LogP contribution < -0.4 is 0 Å². The molecule has 112 valence electrons. The number of para-hydroxylation sites is 2. The van der Waals surface area contributed by atoms with E-state index in [0.29, 0.717) is 12.2 Å². The number of carbonyl (C=O) groups excluding carboxylic acids is 1. The Labute approximate surface area is 123 Å². The van der Waals surface area contributed by atoms with Gasteiger partial charge >= 0.3 is 5.97 Å². The van der Waals surface area contributed by atoms with Crippen LogP contribution >= 0.6 is 0 Å². The quantitative estimate of drug-likeness (QED) is 0.597. The van der Waals surface area contributed by atoms with E-state index >= 15 is 0 Å². The molecule has 0 aliphatic heterocycles. The van der Waals surface area contributed by atoms with E-state index in [1.807, 2.05) is 6.92 Å². The van der Waals surface area contributed by atoms with Gasteiger partial charge in [-0.3, -0.25) is 0 Å². The first-order valence-electron chi connectivity index (χ1n) is 6.47. The van der Waals surface area contributed by atoms with Crippen LogP contribution in [0.3, 0.4) is 0 Å². The Morgan fingerprint density at radius 1 is 0.952 bits per heavy atom. The summed E-state index contributed by atoms with van der Waals surface area (Å²) in [5, 5.41) is 26.3. The van der Waals surface area contributed by atoms with Crippen molar-refractivity contribution in [3.63, 3.8) is 0 Å². The van der Waals surface area contributed by atoms with Crippen LogP contribution in [0.15, 0.2) is 48.5 Å². The zero-order valence-electron chi connectivity index (χ0n) is 11.7. The topological polar surface area (TPSA) is 87.0 Å². The molecule has 0 bridgehead atoms. The Kier molecular flexibility index (Phi) is 6.60. The van der Waals surface area contributed by atoms with Crippen molar-refractivity contribution in [2.24, 2.45) is 0 Å². The third kappa shape index (κ3) is 5.86. The maximum absolute atomic E-state index is 11.2. The van der Waals surface area contributed by atoms with Gasteiger partial charge in [0.05, 0.1) is 12.2 Å². The van der Waals surface area contributed by atoms with E-state index in [4.69, 9.17) is 20.1 Å². The normalized spacial score (nSPS) is 9.38. The Hall–Kier alpha value is -2.69. The molecular formula is C16H18O5. The number of carbonyl (C=O) groups is 1. The molecule has 0 atom stereocenters. The van der Waals surface area contributed by atoms with E-state index in [-0.39, 0.29) is 23.2 Å². The highest BCUT2D eigenvalue weighted by molar-refractivity contribution is 5.89. The molecule has 0 fully saturated rings. The molecular weight excluding hydrogens is 272 g/mol. The third-order valence-electron chi connectivity index (χ3n) is 2.42. The molecule has 2 aromatic carbocycles. The van der Waals surface area contributed by atoms with Gasteiger partial charge in [0.25, 0.3) is 0 Å². The first-order chi connectivity index (χ1) is 10.0. The fourth-order valence-corrected chi connectivity index (χ4v) is 1.34. The number of esters is 1. The molecule has 0 aromatic heterocycles. The standard InChI is InChI=1S/C10H12O3.C6H6O2/c1-2-7-13-10(12)8-3-5-9(11)6-4-8;7-5-3-1-2-4-6(5)8/h3-6,11H,2,7H2,1H3;1-4,7-8H. The van der Waals surface area contributed by atoms with Gasteiger partial charge in [-0.1, -0.05) is 19.1 Å². The predicted octanol–water partition coefficient (Wildman–Crippen LogP) is 3.06. The van der Waals surface area contributed by atoms with Crippen LogP contribution in [-0.4, -0.2) is 27.9 Å². The second-order valence-electron chi connectivity index (χ2n) is 4.17. The van der Waals surface area contributed by atoms with Crippen molar-refractivity contribution in [1.29, 1.82) is 0 Å². The number of hydrogen-bond donors (Lipinski definition) is 3. The van der Waals surface area contributed by atoms with E-state index in [1.165, 1.54) is 36.4 Å². The van der Waals surface area contributed by atoms with Crippen molar-refractivity contribution in [3.05, 3.63) is 54.1 Å². The predicted molar refractivity (Wildman–Crippen MR) is 78.5 cm³/mol. The molecule has 0 saturated heterocycles. The zero-order chi connectivity index (χ0) is 15.7. The van der Waals surface area contributed by atoms with E-state index in [9.17, 15) is 4.79 Å². The van der Waals surface area contributed by atoms with Crippen LogP contribution in [-0.2, 0) is 4.74 Å². The van der Waals surface area contributed by atoms with Gasteiger partial charge in [-0.15, -0.1) is 0 Å². The fraction of sp³-hybridized carbons (Fsp3) is 0.188. The zero-order valence-corrected chi connectivity index (χ0v) is 11.7. The van der Waals surface area contributed by atoms with Crippen LogP contribution in [0.25, 0.3) is 0 Å². The first-order valence-corrected chi connectivity index (χ1v) is 6.47. The van der Waals surface area contributed by atoms with Gasteiger partial charge in [0.1, 0.15) is 5.75 Å². The molecule has 5 nitrogen and oxygen atoms in total. The smallest absolute Gasteiger partial charge is 0.338 e. The van der Waals surface area contributed by atoms with Crippen LogP contribution in [0.1, 0.15) is 23.7 Å². The second-order valence-corrected chi connectivity index (χ2v) is 4.17. The minimum absolute atomic E-state index is 0.0764. The average molecular weight is 290 g/mol. The number of rotatable bonds is 3. The number of benzene rings is 2. The summed E-state index contributed by atoms with van der Waals surface area (Å²) >= 11 is 0.